The summed E-state index contributed by atoms with van der Waals surface area (Å²) < 4.78 is 6.68. The number of nitrogens with zero attached hydrogens (tertiary/aromatic N) is 1. The molecule has 1 aromatic rings. The molecule has 24 heavy (non-hydrogen) atoms. The summed E-state index contributed by atoms with van der Waals surface area (Å²) in [6.45, 7) is 12.7. The van der Waals surface area contributed by atoms with E-state index in [2.05, 4.69) is 0 Å². The van der Waals surface area contributed by atoms with Gasteiger partial charge in [0.15, 0.2) is 0 Å². The molecule has 0 amide bonds. The van der Waals surface area contributed by atoms with E-state index in [4.69, 9.17) is 4.74 Å². The van der Waals surface area contributed by atoms with Gasteiger partial charge in [0.2, 0.25) is 0 Å². The Morgan fingerprint density at radius 3 is 1.58 bits per heavy atom. The van der Waals surface area contributed by atoms with E-state index in [0.717, 1.165) is 0 Å². The van der Waals surface area contributed by atoms with Gasteiger partial charge in [0.1, 0.15) is 17.2 Å². The van der Waals surface area contributed by atoms with E-state index in [0.29, 0.717) is 11.1 Å². The minimum absolute atomic E-state index is 0.0789. The zero-order chi connectivity index (χ0) is 18.7. The van der Waals surface area contributed by atoms with Crippen molar-refractivity contribution in [2.75, 3.05) is 0 Å². The first-order valence-electron chi connectivity index (χ1n) is 8.39. The summed E-state index contributed by atoms with van der Waals surface area (Å²) in [4.78, 5) is 36.4. The first kappa shape index (κ1) is 20.1. The predicted octanol–water partition coefficient (Wildman–Crippen LogP) is 3.81. The second kappa shape index (κ2) is 7.77. The summed E-state index contributed by atoms with van der Waals surface area (Å²) in [5.74, 6) is -0.0302. The average molecular weight is 335 g/mol. The van der Waals surface area contributed by atoms with E-state index >= 15 is 0 Å². The monoisotopic (exact) mass is 335 g/mol. The molecular weight excluding hydrogens is 306 g/mol. The molecule has 0 atom stereocenters. The lowest BCUT2D eigenvalue weighted by Gasteiger charge is -2.19. The Morgan fingerprint density at radius 1 is 0.917 bits per heavy atom. The van der Waals surface area contributed by atoms with Crippen molar-refractivity contribution in [2.24, 2.45) is 11.8 Å². The summed E-state index contributed by atoms with van der Waals surface area (Å²) in [5.41, 5.74) is 0.825. The van der Waals surface area contributed by atoms with Gasteiger partial charge in [-0.25, -0.2) is 4.79 Å². The number of ether oxygens (including phenoxy) is 1. The highest BCUT2D eigenvalue weighted by molar-refractivity contribution is 5.86. The van der Waals surface area contributed by atoms with Crippen molar-refractivity contribution in [2.45, 2.75) is 66.9 Å². The Bertz CT molecular complexity index is 578. The largest absolute Gasteiger partial charge is 0.443 e. The van der Waals surface area contributed by atoms with Crippen LogP contribution in [-0.4, -0.2) is 27.8 Å². The zero-order valence-electron chi connectivity index (χ0n) is 15.8. The Morgan fingerprint density at radius 2 is 1.29 bits per heavy atom. The molecule has 0 aromatic carbocycles. The first-order chi connectivity index (χ1) is 10.9. The van der Waals surface area contributed by atoms with Gasteiger partial charge in [-0.1, -0.05) is 27.7 Å². The summed E-state index contributed by atoms with van der Waals surface area (Å²) in [6, 6.07) is 0. The number of hydrogen-bond acceptors (Lipinski definition) is 4. The van der Waals surface area contributed by atoms with Crippen LogP contribution in [0.15, 0.2) is 12.4 Å². The fourth-order valence-corrected chi connectivity index (χ4v) is 2.06. The Kier molecular flexibility index (Phi) is 6.52. The molecule has 0 aliphatic rings. The van der Waals surface area contributed by atoms with Crippen LogP contribution in [0.3, 0.4) is 0 Å². The molecule has 0 spiro atoms. The molecular formula is C19H29NO4. The number of ketones is 2. The van der Waals surface area contributed by atoms with Crippen LogP contribution in [-0.2, 0) is 27.2 Å². The fraction of sp³-hybridized carbons (Fsp3) is 0.632. The van der Waals surface area contributed by atoms with E-state index in [1.54, 1.807) is 33.2 Å². The normalized spacial score (nSPS) is 11.9. The van der Waals surface area contributed by atoms with Gasteiger partial charge >= 0.3 is 6.09 Å². The highest BCUT2D eigenvalue weighted by Crippen LogP contribution is 2.18. The van der Waals surface area contributed by atoms with Crippen molar-refractivity contribution in [3.63, 3.8) is 0 Å². The van der Waals surface area contributed by atoms with E-state index in [1.807, 2.05) is 27.7 Å². The minimum Gasteiger partial charge on any atom is -0.443 e. The summed E-state index contributed by atoms with van der Waals surface area (Å²) in [6.07, 6.45) is 3.14. The van der Waals surface area contributed by atoms with E-state index in [1.165, 1.54) is 4.57 Å². The van der Waals surface area contributed by atoms with Gasteiger partial charge in [0, 0.05) is 37.1 Å². The molecule has 0 aliphatic heterocycles. The van der Waals surface area contributed by atoms with Crippen molar-refractivity contribution in [1.29, 1.82) is 0 Å². The van der Waals surface area contributed by atoms with Gasteiger partial charge < -0.3 is 4.74 Å². The smallest absolute Gasteiger partial charge is 0.418 e. The second-order valence-electron chi connectivity index (χ2n) is 7.79. The summed E-state index contributed by atoms with van der Waals surface area (Å²) in [7, 11) is 0. The number of rotatable bonds is 6. The van der Waals surface area contributed by atoms with E-state index in [-0.39, 0.29) is 36.2 Å². The molecule has 134 valence electrons. The summed E-state index contributed by atoms with van der Waals surface area (Å²) >= 11 is 0. The minimum atomic E-state index is -0.608. The molecule has 0 fully saturated rings. The predicted molar refractivity (Wildman–Crippen MR) is 93.2 cm³/mol. The van der Waals surface area contributed by atoms with Crippen molar-refractivity contribution in [3.05, 3.63) is 23.5 Å². The quantitative estimate of drug-likeness (QED) is 0.793. The molecule has 0 bridgehead atoms. The van der Waals surface area contributed by atoms with Crippen molar-refractivity contribution in [3.8, 4) is 0 Å². The van der Waals surface area contributed by atoms with Gasteiger partial charge in [-0.2, -0.15) is 0 Å². The van der Waals surface area contributed by atoms with Crippen molar-refractivity contribution < 1.29 is 19.1 Å². The highest BCUT2D eigenvalue weighted by atomic mass is 16.6. The standard InChI is InChI=1S/C19H29NO4/c1-12(2)16(21)8-14-10-20(18(23)24-19(5,6)7)11-15(14)9-17(22)13(3)4/h10-13H,8-9H2,1-7H3. The van der Waals surface area contributed by atoms with Crippen molar-refractivity contribution >= 4 is 17.7 Å². The first-order valence-corrected chi connectivity index (χ1v) is 8.39. The van der Waals surface area contributed by atoms with Gasteiger partial charge in [0.05, 0.1) is 0 Å². The maximum absolute atomic E-state index is 12.2. The number of Topliss-reactive ketones (excluding diaryl/α,β-unsaturated/α-hetero) is 2. The molecule has 5 heteroatoms. The molecule has 1 rings (SSSR count). The summed E-state index contributed by atoms with van der Waals surface area (Å²) in [5, 5.41) is 0. The third-order valence-electron chi connectivity index (χ3n) is 3.62. The topological polar surface area (TPSA) is 65.4 Å². The lowest BCUT2D eigenvalue weighted by molar-refractivity contribution is -0.122. The SMILES string of the molecule is CC(C)C(=O)Cc1cn(C(=O)OC(C)(C)C)cc1CC(=O)C(C)C. The molecule has 0 unspecified atom stereocenters. The number of aromatic nitrogens is 1. The Hall–Kier alpha value is -1.91. The zero-order valence-corrected chi connectivity index (χ0v) is 15.8. The van der Waals surface area contributed by atoms with Crippen LogP contribution >= 0.6 is 0 Å². The average Bonchev–Trinajstić information content (AvgIpc) is 2.79. The lowest BCUT2D eigenvalue weighted by Crippen LogP contribution is -2.26. The third-order valence-corrected chi connectivity index (χ3v) is 3.62. The molecule has 0 radical (unpaired) electrons. The lowest BCUT2D eigenvalue weighted by atomic mass is 9.96. The number of carbonyl (C=O) groups excluding carboxylic acids is 3. The molecule has 0 N–H and O–H groups in total. The molecule has 0 saturated carbocycles. The highest BCUT2D eigenvalue weighted by Gasteiger charge is 2.22. The van der Waals surface area contributed by atoms with Crippen LogP contribution in [0.4, 0.5) is 4.79 Å². The molecule has 0 aliphatic carbocycles. The van der Waals surface area contributed by atoms with Crippen LogP contribution in [0.5, 0.6) is 0 Å². The van der Waals surface area contributed by atoms with Crippen LogP contribution in [0.25, 0.3) is 0 Å². The molecule has 0 saturated heterocycles. The fourth-order valence-electron chi connectivity index (χ4n) is 2.06. The van der Waals surface area contributed by atoms with Gasteiger partial charge in [-0.3, -0.25) is 14.2 Å². The van der Waals surface area contributed by atoms with Crippen LogP contribution in [0, 0.1) is 11.8 Å². The third kappa shape index (κ3) is 5.95. The molecule has 1 aromatic heterocycles. The van der Waals surface area contributed by atoms with Crippen LogP contribution < -0.4 is 0 Å². The Labute approximate surface area is 144 Å². The van der Waals surface area contributed by atoms with Gasteiger partial charge in [0.25, 0.3) is 0 Å². The maximum Gasteiger partial charge on any atom is 0.418 e. The van der Waals surface area contributed by atoms with E-state index < -0.39 is 11.7 Å². The van der Waals surface area contributed by atoms with Gasteiger partial charge in [-0.15, -0.1) is 0 Å². The molecule has 1 heterocycles. The maximum atomic E-state index is 12.2. The van der Waals surface area contributed by atoms with E-state index in [9.17, 15) is 14.4 Å². The Balaban J connectivity index is 3.11. The van der Waals surface area contributed by atoms with Crippen LogP contribution in [0.2, 0.25) is 0 Å². The number of hydrogen-bond donors (Lipinski definition) is 0. The number of carbonyl (C=O) groups is 3. The second-order valence-corrected chi connectivity index (χ2v) is 7.79. The van der Waals surface area contributed by atoms with Crippen LogP contribution in [0.1, 0.15) is 59.6 Å². The van der Waals surface area contributed by atoms with Crippen molar-refractivity contribution in [1.82, 2.24) is 4.57 Å². The van der Waals surface area contributed by atoms with Gasteiger partial charge in [-0.05, 0) is 31.9 Å². The molecule has 5 nitrogen and oxygen atoms in total.